The molecule has 6 heteroatoms. The highest BCUT2D eigenvalue weighted by atomic mass is 32.1. The summed E-state index contributed by atoms with van der Waals surface area (Å²) in [5.41, 5.74) is 1.48. The third kappa shape index (κ3) is 2.56. The van der Waals surface area contributed by atoms with Crippen LogP contribution in [-0.4, -0.2) is 16.1 Å². The lowest BCUT2D eigenvalue weighted by Crippen LogP contribution is -2.21. The number of rotatable bonds is 2. The van der Waals surface area contributed by atoms with Gasteiger partial charge in [0.2, 0.25) is 0 Å². The monoisotopic (exact) mass is 302 g/mol. The molecule has 1 amide bonds. The molecule has 1 aromatic heterocycles. The predicted molar refractivity (Wildman–Crippen MR) is 83.3 cm³/mol. The van der Waals surface area contributed by atoms with Crippen molar-refractivity contribution in [2.24, 2.45) is 0 Å². The summed E-state index contributed by atoms with van der Waals surface area (Å²) in [4.78, 5) is 13.6. The highest BCUT2D eigenvalue weighted by Gasteiger charge is 2.20. The molecule has 3 N–H and O–H groups in total. The Morgan fingerprint density at radius 3 is 2.50 bits per heavy atom. The van der Waals surface area contributed by atoms with Crippen molar-refractivity contribution in [1.82, 2.24) is 10.6 Å². The Kier molecular flexibility index (Phi) is 3.25. The van der Waals surface area contributed by atoms with Crippen molar-refractivity contribution in [1.29, 1.82) is 0 Å². The summed E-state index contributed by atoms with van der Waals surface area (Å²) >= 11 is 6.44. The van der Waals surface area contributed by atoms with E-state index < -0.39 is 0 Å². The third-order valence-corrected chi connectivity index (χ3v) is 4.07. The molecule has 0 radical (unpaired) electrons. The fraction of sp³-hybridized carbons (Fsp3) is 0. The van der Waals surface area contributed by atoms with Crippen molar-refractivity contribution >= 4 is 40.7 Å². The van der Waals surface area contributed by atoms with Crippen molar-refractivity contribution in [3.8, 4) is 16.2 Å². The van der Waals surface area contributed by atoms with Crippen LogP contribution in [0.15, 0.2) is 42.1 Å². The van der Waals surface area contributed by atoms with Crippen LogP contribution in [0.5, 0.6) is 5.75 Å². The lowest BCUT2D eigenvalue weighted by molar-refractivity contribution is -0.115. The number of carbonyl (C=O) groups excluding carboxylic acids is 1. The van der Waals surface area contributed by atoms with E-state index in [2.05, 4.69) is 10.6 Å². The standard InChI is InChI=1S/C14H10N2O2S2/c17-9-3-1-8(2-4-9)12-6-5-10(20-12)7-11-13(18)16-14(19)15-11/h1-7,17H,(H2,15,16,18,19)/b11-7+. The smallest absolute Gasteiger partial charge is 0.273 e. The molecular formula is C14H10N2O2S2. The minimum Gasteiger partial charge on any atom is -0.508 e. The summed E-state index contributed by atoms with van der Waals surface area (Å²) < 4.78 is 0. The molecule has 100 valence electrons. The highest BCUT2D eigenvalue weighted by molar-refractivity contribution is 7.80. The topological polar surface area (TPSA) is 61.4 Å². The van der Waals surface area contributed by atoms with Crippen molar-refractivity contribution in [2.75, 3.05) is 0 Å². The number of aromatic hydroxyl groups is 1. The van der Waals surface area contributed by atoms with E-state index in [0.29, 0.717) is 10.8 Å². The van der Waals surface area contributed by atoms with Gasteiger partial charge in [0.05, 0.1) is 0 Å². The molecule has 1 aliphatic rings. The van der Waals surface area contributed by atoms with Crippen LogP contribution in [0.1, 0.15) is 4.88 Å². The van der Waals surface area contributed by atoms with E-state index in [-0.39, 0.29) is 11.7 Å². The largest absolute Gasteiger partial charge is 0.508 e. The number of phenolic OH excluding ortho intramolecular Hbond substituents is 1. The molecule has 0 bridgehead atoms. The van der Waals surface area contributed by atoms with Crippen LogP contribution < -0.4 is 10.6 Å². The zero-order valence-corrected chi connectivity index (χ0v) is 11.8. The maximum atomic E-state index is 11.6. The zero-order valence-electron chi connectivity index (χ0n) is 10.2. The third-order valence-electron chi connectivity index (χ3n) is 2.79. The second-order valence-electron chi connectivity index (χ2n) is 4.22. The van der Waals surface area contributed by atoms with Crippen LogP contribution in [0.25, 0.3) is 16.5 Å². The number of thiocarbonyl (C=S) groups is 1. The molecule has 20 heavy (non-hydrogen) atoms. The minimum absolute atomic E-state index is 0.213. The fourth-order valence-electron chi connectivity index (χ4n) is 1.84. The van der Waals surface area contributed by atoms with Gasteiger partial charge in [0, 0.05) is 9.75 Å². The minimum atomic E-state index is -0.213. The normalized spacial score (nSPS) is 16.3. The molecule has 0 aliphatic carbocycles. The first kappa shape index (κ1) is 12.8. The van der Waals surface area contributed by atoms with E-state index >= 15 is 0 Å². The van der Waals surface area contributed by atoms with E-state index in [4.69, 9.17) is 12.2 Å². The van der Waals surface area contributed by atoms with E-state index in [9.17, 15) is 9.90 Å². The Labute approximate surface area is 124 Å². The van der Waals surface area contributed by atoms with E-state index in [1.165, 1.54) is 0 Å². The predicted octanol–water partition coefficient (Wildman–Crippen LogP) is 2.47. The first-order valence-corrected chi connectivity index (χ1v) is 7.07. The number of hydrogen-bond acceptors (Lipinski definition) is 4. The number of benzene rings is 1. The van der Waals surface area contributed by atoms with Crippen LogP contribution in [0.4, 0.5) is 0 Å². The maximum absolute atomic E-state index is 11.6. The average Bonchev–Trinajstić information content (AvgIpc) is 2.98. The van der Waals surface area contributed by atoms with Crippen LogP contribution in [0, 0.1) is 0 Å². The Hall–Kier alpha value is -2.18. The number of nitrogens with one attached hydrogen (secondary N) is 2. The van der Waals surface area contributed by atoms with E-state index in [1.54, 1.807) is 29.5 Å². The lowest BCUT2D eigenvalue weighted by Gasteiger charge is -1.97. The SMILES string of the molecule is O=C1NC(=S)N/C1=C/c1ccc(-c2ccc(O)cc2)s1. The van der Waals surface area contributed by atoms with Gasteiger partial charge in [0.15, 0.2) is 5.11 Å². The number of hydrogen-bond donors (Lipinski definition) is 3. The highest BCUT2D eigenvalue weighted by Crippen LogP contribution is 2.30. The van der Waals surface area contributed by atoms with Gasteiger partial charge < -0.3 is 10.4 Å². The Balaban J connectivity index is 1.87. The number of amides is 1. The molecule has 1 saturated heterocycles. The van der Waals surface area contributed by atoms with Crippen LogP contribution in [-0.2, 0) is 4.79 Å². The Morgan fingerprint density at radius 1 is 1.10 bits per heavy atom. The Morgan fingerprint density at radius 2 is 1.85 bits per heavy atom. The number of thiophene rings is 1. The molecular weight excluding hydrogens is 292 g/mol. The Bertz CT molecular complexity index is 717. The van der Waals surface area contributed by atoms with Gasteiger partial charge in [-0.1, -0.05) is 0 Å². The lowest BCUT2D eigenvalue weighted by atomic mass is 10.2. The second kappa shape index (κ2) is 5.07. The van der Waals surface area contributed by atoms with E-state index in [0.717, 1.165) is 15.3 Å². The summed E-state index contributed by atoms with van der Waals surface area (Å²) in [6.07, 6.45) is 1.77. The van der Waals surface area contributed by atoms with Gasteiger partial charge >= 0.3 is 0 Å². The molecule has 1 aromatic carbocycles. The van der Waals surface area contributed by atoms with Crippen LogP contribution >= 0.6 is 23.6 Å². The first-order valence-electron chi connectivity index (χ1n) is 5.85. The quantitative estimate of drug-likeness (QED) is 0.589. The maximum Gasteiger partial charge on any atom is 0.273 e. The molecule has 4 nitrogen and oxygen atoms in total. The van der Waals surface area contributed by atoms with Gasteiger partial charge in [-0.2, -0.15) is 0 Å². The van der Waals surface area contributed by atoms with Gasteiger partial charge in [0.1, 0.15) is 11.4 Å². The van der Waals surface area contributed by atoms with Crippen molar-refractivity contribution < 1.29 is 9.90 Å². The molecule has 0 unspecified atom stereocenters. The second-order valence-corrected chi connectivity index (χ2v) is 5.74. The summed E-state index contributed by atoms with van der Waals surface area (Å²) in [7, 11) is 0. The summed E-state index contributed by atoms with van der Waals surface area (Å²) in [5.74, 6) is 0.0302. The first-order chi connectivity index (χ1) is 9.61. The van der Waals surface area contributed by atoms with Gasteiger partial charge in [-0.25, -0.2) is 0 Å². The van der Waals surface area contributed by atoms with Gasteiger partial charge in [-0.15, -0.1) is 11.3 Å². The van der Waals surface area contributed by atoms with E-state index in [1.807, 2.05) is 24.3 Å². The molecule has 2 aromatic rings. The molecule has 0 atom stereocenters. The molecule has 0 spiro atoms. The summed E-state index contributed by atoms with van der Waals surface area (Å²) in [6.45, 7) is 0. The molecule has 2 heterocycles. The van der Waals surface area contributed by atoms with Crippen molar-refractivity contribution in [2.45, 2.75) is 0 Å². The van der Waals surface area contributed by atoms with Gasteiger partial charge in [0.25, 0.3) is 5.91 Å². The molecule has 0 saturated carbocycles. The van der Waals surface area contributed by atoms with Crippen molar-refractivity contribution in [3.05, 3.63) is 47.0 Å². The summed E-state index contributed by atoms with van der Waals surface area (Å²) in [5, 5.41) is 14.9. The molecule has 3 rings (SSSR count). The zero-order chi connectivity index (χ0) is 14.1. The van der Waals surface area contributed by atoms with Crippen molar-refractivity contribution in [3.63, 3.8) is 0 Å². The fourth-order valence-corrected chi connectivity index (χ4v) is 3.00. The van der Waals surface area contributed by atoms with Gasteiger partial charge in [-0.3, -0.25) is 10.1 Å². The van der Waals surface area contributed by atoms with Gasteiger partial charge in [-0.05, 0) is 60.3 Å². The molecule has 1 fully saturated rings. The van der Waals surface area contributed by atoms with Crippen LogP contribution in [0.2, 0.25) is 0 Å². The number of phenols is 1. The van der Waals surface area contributed by atoms with Crippen LogP contribution in [0.3, 0.4) is 0 Å². The summed E-state index contributed by atoms with van der Waals surface area (Å²) in [6, 6.07) is 10.9. The number of carbonyl (C=O) groups is 1. The molecule has 1 aliphatic heterocycles. The average molecular weight is 302 g/mol.